The minimum atomic E-state index is -0.0477. The van der Waals surface area contributed by atoms with Gasteiger partial charge in [0.05, 0.1) is 16.6 Å². The van der Waals surface area contributed by atoms with E-state index in [1.807, 2.05) is 31.2 Å². The van der Waals surface area contributed by atoms with Crippen LogP contribution in [-0.4, -0.2) is 40.8 Å². The van der Waals surface area contributed by atoms with Crippen LogP contribution in [0.15, 0.2) is 48.5 Å². The van der Waals surface area contributed by atoms with Crippen LogP contribution in [0.3, 0.4) is 0 Å². The molecule has 0 atom stereocenters. The third-order valence-electron chi connectivity index (χ3n) is 5.59. The van der Waals surface area contributed by atoms with E-state index in [2.05, 4.69) is 44.8 Å². The molecule has 0 bridgehead atoms. The molecule has 162 valence electrons. The van der Waals surface area contributed by atoms with Crippen molar-refractivity contribution in [3.05, 3.63) is 59.7 Å². The molecule has 31 heavy (non-hydrogen) atoms. The number of carbonyl (C=O) groups is 2. The number of aromatic nitrogens is 1. The van der Waals surface area contributed by atoms with Crippen LogP contribution < -0.4 is 10.6 Å². The van der Waals surface area contributed by atoms with Crippen molar-refractivity contribution in [2.45, 2.75) is 45.2 Å². The van der Waals surface area contributed by atoms with Gasteiger partial charge in [-0.15, -0.1) is 0 Å². The summed E-state index contributed by atoms with van der Waals surface area (Å²) in [4.78, 5) is 31.0. The van der Waals surface area contributed by atoms with Crippen LogP contribution >= 0.6 is 11.3 Å². The maximum absolute atomic E-state index is 12.6. The van der Waals surface area contributed by atoms with Crippen LogP contribution in [0.25, 0.3) is 10.2 Å². The molecule has 4 rings (SSSR count). The lowest BCUT2D eigenvalue weighted by atomic mass is 10.0. The molecule has 1 aliphatic rings. The van der Waals surface area contributed by atoms with E-state index >= 15 is 0 Å². The molecule has 2 N–H and O–H groups in total. The number of hydrogen-bond acceptors (Lipinski definition) is 5. The molecule has 0 unspecified atom stereocenters. The maximum Gasteiger partial charge on any atom is 0.225 e. The van der Waals surface area contributed by atoms with Gasteiger partial charge in [-0.2, -0.15) is 0 Å². The van der Waals surface area contributed by atoms with Crippen LogP contribution in [0, 0.1) is 0 Å². The lowest BCUT2D eigenvalue weighted by Gasteiger charge is -2.32. The second-order valence-corrected chi connectivity index (χ2v) is 9.03. The smallest absolute Gasteiger partial charge is 0.225 e. The molecule has 0 aliphatic carbocycles. The zero-order valence-electron chi connectivity index (χ0n) is 17.8. The molecule has 0 saturated carbocycles. The Bertz CT molecular complexity index is 1040. The predicted molar refractivity (Wildman–Crippen MR) is 125 cm³/mol. The van der Waals surface area contributed by atoms with Gasteiger partial charge in [-0.3, -0.25) is 14.5 Å². The van der Waals surface area contributed by atoms with Gasteiger partial charge in [0.15, 0.2) is 5.13 Å². The number of amides is 2. The Morgan fingerprint density at radius 1 is 1.06 bits per heavy atom. The second-order valence-electron chi connectivity index (χ2n) is 8.00. The van der Waals surface area contributed by atoms with Crippen molar-refractivity contribution in [1.82, 2.24) is 15.2 Å². The first kappa shape index (κ1) is 21.5. The highest BCUT2D eigenvalue weighted by Gasteiger charge is 2.21. The summed E-state index contributed by atoms with van der Waals surface area (Å²) in [6.07, 6.45) is 2.74. The number of hydrogen-bond donors (Lipinski definition) is 2. The Morgan fingerprint density at radius 2 is 1.84 bits per heavy atom. The third-order valence-corrected chi connectivity index (χ3v) is 6.52. The molecular weight excluding hydrogens is 408 g/mol. The molecule has 1 aromatic heterocycles. The monoisotopic (exact) mass is 436 g/mol. The topological polar surface area (TPSA) is 74.3 Å². The normalized spacial score (nSPS) is 15.1. The van der Waals surface area contributed by atoms with Crippen molar-refractivity contribution in [1.29, 1.82) is 0 Å². The van der Waals surface area contributed by atoms with Gasteiger partial charge in [0.1, 0.15) is 0 Å². The highest BCUT2D eigenvalue weighted by atomic mass is 32.1. The summed E-state index contributed by atoms with van der Waals surface area (Å²) in [6, 6.07) is 16.6. The minimum absolute atomic E-state index is 0.0477. The SMILES string of the molecule is CCC(=O)Nc1nc2ccc(CC(=O)NC3CCN(Cc4ccccc4)CC3)cc2s1. The van der Waals surface area contributed by atoms with E-state index < -0.39 is 0 Å². The second kappa shape index (κ2) is 10.0. The summed E-state index contributed by atoms with van der Waals surface area (Å²) in [5.74, 6) is 0.0124. The van der Waals surface area contributed by atoms with Gasteiger partial charge in [-0.25, -0.2) is 4.98 Å². The Hall–Kier alpha value is -2.77. The fraction of sp³-hybridized carbons (Fsp3) is 0.375. The lowest BCUT2D eigenvalue weighted by molar-refractivity contribution is -0.121. The highest BCUT2D eigenvalue weighted by molar-refractivity contribution is 7.22. The third kappa shape index (κ3) is 5.89. The quantitative estimate of drug-likeness (QED) is 0.588. The van der Waals surface area contributed by atoms with Gasteiger partial charge in [0.25, 0.3) is 0 Å². The van der Waals surface area contributed by atoms with Gasteiger partial charge in [-0.05, 0) is 36.1 Å². The molecular formula is C24H28N4O2S. The Balaban J connectivity index is 1.27. The summed E-state index contributed by atoms with van der Waals surface area (Å²) < 4.78 is 0.978. The number of carbonyl (C=O) groups excluding carboxylic acids is 2. The number of rotatable bonds is 7. The van der Waals surface area contributed by atoms with Gasteiger partial charge in [0.2, 0.25) is 11.8 Å². The fourth-order valence-electron chi connectivity index (χ4n) is 3.88. The minimum Gasteiger partial charge on any atom is -0.353 e. The molecule has 2 heterocycles. The molecule has 1 saturated heterocycles. The Kier molecular flexibility index (Phi) is 6.94. The van der Waals surface area contributed by atoms with Crippen molar-refractivity contribution in [3.63, 3.8) is 0 Å². The van der Waals surface area contributed by atoms with Gasteiger partial charge >= 0.3 is 0 Å². The number of nitrogens with zero attached hydrogens (tertiary/aromatic N) is 2. The summed E-state index contributed by atoms with van der Waals surface area (Å²) in [5.41, 5.74) is 3.13. The molecule has 6 nitrogen and oxygen atoms in total. The van der Waals surface area contributed by atoms with Crippen LogP contribution in [0.2, 0.25) is 0 Å². The number of piperidine rings is 1. The number of benzene rings is 2. The molecule has 1 fully saturated rings. The van der Waals surface area contributed by atoms with E-state index in [1.165, 1.54) is 16.9 Å². The van der Waals surface area contributed by atoms with E-state index in [4.69, 9.17) is 0 Å². The van der Waals surface area contributed by atoms with Crippen molar-refractivity contribution < 1.29 is 9.59 Å². The summed E-state index contributed by atoms with van der Waals surface area (Å²) in [7, 11) is 0. The lowest BCUT2D eigenvalue weighted by Crippen LogP contribution is -2.44. The molecule has 1 aliphatic heterocycles. The van der Waals surface area contributed by atoms with E-state index in [-0.39, 0.29) is 17.9 Å². The van der Waals surface area contributed by atoms with Gasteiger partial charge in [-0.1, -0.05) is 54.7 Å². The molecule has 7 heteroatoms. The van der Waals surface area contributed by atoms with E-state index in [9.17, 15) is 9.59 Å². The average Bonchev–Trinajstić information content (AvgIpc) is 3.17. The summed E-state index contributed by atoms with van der Waals surface area (Å²) in [5, 5.41) is 6.61. The first-order chi connectivity index (χ1) is 15.1. The van der Waals surface area contributed by atoms with Gasteiger partial charge < -0.3 is 10.6 Å². The first-order valence-corrected chi connectivity index (χ1v) is 11.7. The zero-order valence-corrected chi connectivity index (χ0v) is 18.6. The molecule has 3 aromatic rings. The Morgan fingerprint density at radius 3 is 2.58 bits per heavy atom. The number of likely N-dealkylation sites (tertiary alicyclic amines) is 1. The van der Waals surface area contributed by atoms with Crippen molar-refractivity contribution in [3.8, 4) is 0 Å². The van der Waals surface area contributed by atoms with E-state index in [0.29, 0.717) is 18.0 Å². The molecule has 0 spiro atoms. The van der Waals surface area contributed by atoms with Crippen LogP contribution in [0.1, 0.15) is 37.3 Å². The number of nitrogens with one attached hydrogen (secondary N) is 2. The van der Waals surface area contributed by atoms with Crippen LogP contribution in [0.4, 0.5) is 5.13 Å². The van der Waals surface area contributed by atoms with Crippen molar-refractivity contribution in [2.24, 2.45) is 0 Å². The van der Waals surface area contributed by atoms with Crippen LogP contribution in [0.5, 0.6) is 0 Å². The van der Waals surface area contributed by atoms with E-state index in [0.717, 1.165) is 48.3 Å². The Labute approximate surface area is 186 Å². The van der Waals surface area contributed by atoms with Gasteiger partial charge in [0, 0.05) is 32.1 Å². The fourth-order valence-corrected chi connectivity index (χ4v) is 4.83. The largest absolute Gasteiger partial charge is 0.353 e. The standard InChI is InChI=1S/C24H28N4O2S/c1-2-22(29)27-24-26-20-9-8-18(14-21(20)31-24)15-23(30)25-19-10-12-28(13-11-19)16-17-6-4-3-5-7-17/h3-9,14,19H,2,10-13,15-16H2,1H3,(H,25,30)(H,26,27,29). The molecule has 0 radical (unpaired) electrons. The molecule has 2 amide bonds. The predicted octanol–water partition coefficient (Wildman–Crippen LogP) is 3.97. The van der Waals surface area contributed by atoms with Crippen molar-refractivity contribution in [2.75, 3.05) is 18.4 Å². The zero-order chi connectivity index (χ0) is 21.6. The summed E-state index contributed by atoms with van der Waals surface area (Å²) >= 11 is 1.44. The number of thiazole rings is 1. The first-order valence-electron chi connectivity index (χ1n) is 10.8. The van der Waals surface area contributed by atoms with Crippen molar-refractivity contribution >= 4 is 38.5 Å². The average molecular weight is 437 g/mol. The van der Waals surface area contributed by atoms with Crippen LogP contribution in [-0.2, 0) is 22.6 Å². The van der Waals surface area contributed by atoms with E-state index in [1.54, 1.807) is 0 Å². The summed E-state index contributed by atoms with van der Waals surface area (Å²) in [6.45, 7) is 4.78. The maximum atomic E-state index is 12.6. The molecule has 2 aromatic carbocycles. The highest BCUT2D eigenvalue weighted by Crippen LogP contribution is 2.27. The number of anilines is 1. The number of fused-ring (bicyclic) bond motifs is 1.